The van der Waals surface area contributed by atoms with Crippen LogP contribution >= 0.6 is 22.6 Å². The molecule has 1 aliphatic rings. The van der Waals surface area contributed by atoms with Crippen LogP contribution in [0.5, 0.6) is 0 Å². The van der Waals surface area contributed by atoms with Gasteiger partial charge in [-0.1, -0.05) is 0 Å². The molecule has 8 heteroatoms. The van der Waals surface area contributed by atoms with Gasteiger partial charge in [-0.2, -0.15) is 13.2 Å². The number of amides is 2. The van der Waals surface area contributed by atoms with E-state index in [9.17, 15) is 23.1 Å². The second kappa shape index (κ2) is 3.81. The quantitative estimate of drug-likeness (QED) is 0.682. The van der Waals surface area contributed by atoms with Gasteiger partial charge >= 0.3 is 12.2 Å². The molecule has 0 aromatic heterocycles. The number of hydrogen-bond acceptors (Lipinski definition) is 2. The maximum atomic E-state index is 12.5. The Morgan fingerprint density at radius 3 is 2.27 bits per heavy atom. The summed E-state index contributed by atoms with van der Waals surface area (Å²) < 4.78 is 37.3. The van der Waals surface area contributed by atoms with Gasteiger partial charge in [0, 0.05) is 14.1 Å². The van der Waals surface area contributed by atoms with Crippen molar-refractivity contribution in [2.75, 3.05) is 14.1 Å². The van der Waals surface area contributed by atoms with Crippen molar-refractivity contribution >= 4 is 28.6 Å². The van der Waals surface area contributed by atoms with Crippen molar-refractivity contribution in [1.82, 2.24) is 9.80 Å². The number of allylic oxidation sites excluding steroid dienone is 1. The lowest BCUT2D eigenvalue weighted by molar-refractivity contribution is -0.112. The Kier molecular flexibility index (Phi) is 3.19. The number of rotatable bonds is 0. The molecule has 1 rings (SSSR count). The van der Waals surface area contributed by atoms with E-state index in [1.165, 1.54) is 29.6 Å². The van der Waals surface area contributed by atoms with Crippen molar-refractivity contribution in [1.29, 1.82) is 0 Å². The first-order valence-electron chi connectivity index (χ1n) is 3.83. The molecule has 1 N–H and O–H groups in total. The monoisotopic (exact) mass is 336 g/mol. The summed E-state index contributed by atoms with van der Waals surface area (Å²) in [6.07, 6.45) is -6.19. The van der Waals surface area contributed by atoms with Crippen molar-refractivity contribution in [3.05, 3.63) is 9.28 Å². The summed E-state index contributed by atoms with van der Waals surface area (Å²) in [5.74, 6) is 0. The summed E-state index contributed by atoms with van der Waals surface area (Å²) in [5.41, 5.74) is -1.11. The van der Waals surface area contributed by atoms with Gasteiger partial charge in [-0.3, -0.25) is 9.80 Å². The summed E-state index contributed by atoms with van der Waals surface area (Å²) in [7, 11) is 2.25. The van der Waals surface area contributed by atoms with Crippen LogP contribution in [0, 0.1) is 0 Å². The number of alkyl halides is 3. The molecule has 1 atom stereocenters. The van der Waals surface area contributed by atoms with Gasteiger partial charge in [-0.25, -0.2) is 4.79 Å². The van der Waals surface area contributed by atoms with Crippen LogP contribution in [0.2, 0.25) is 0 Å². The third kappa shape index (κ3) is 2.05. The number of aliphatic hydroxyl groups excluding tert-OH is 1. The molecule has 4 nitrogen and oxygen atoms in total. The molecule has 0 radical (unpaired) electrons. The number of carbonyl (C=O) groups is 1. The van der Waals surface area contributed by atoms with Crippen molar-refractivity contribution < 1.29 is 23.1 Å². The second-order valence-corrected chi connectivity index (χ2v) is 4.18. The number of aliphatic hydroxyl groups is 1. The fourth-order valence-corrected chi connectivity index (χ4v) is 2.30. The molecule has 0 spiro atoms. The van der Waals surface area contributed by atoms with Crippen LogP contribution in [0.1, 0.15) is 0 Å². The van der Waals surface area contributed by atoms with Gasteiger partial charge in [0.05, 0.1) is 3.58 Å². The van der Waals surface area contributed by atoms with Crippen LogP contribution in [0.3, 0.4) is 0 Å². The first-order valence-corrected chi connectivity index (χ1v) is 4.91. The molecular weight excluding hydrogens is 328 g/mol. The Bertz CT molecular complexity index is 329. The smallest absolute Gasteiger partial charge is 0.369 e. The van der Waals surface area contributed by atoms with Crippen molar-refractivity contribution in [3.63, 3.8) is 0 Å². The fraction of sp³-hybridized carbons (Fsp3) is 0.571. The van der Waals surface area contributed by atoms with Crippen molar-refractivity contribution in [2.45, 2.75) is 12.4 Å². The molecule has 1 aliphatic heterocycles. The molecular formula is C7H8F3IN2O2. The first kappa shape index (κ1) is 12.6. The topological polar surface area (TPSA) is 43.8 Å². The maximum absolute atomic E-state index is 12.5. The molecule has 15 heavy (non-hydrogen) atoms. The second-order valence-electron chi connectivity index (χ2n) is 3.02. The first-order chi connectivity index (χ1) is 6.68. The van der Waals surface area contributed by atoms with Gasteiger partial charge in [-0.05, 0) is 22.6 Å². The van der Waals surface area contributed by atoms with E-state index in [4.69, 9.17) is 0 Å². The minimum absolute atomic E-state index is 0.315. The zero-order valence-electron chi connectivity index (χ0n) is 7.84. The van der Waals surface area contributed by atoms with Crippen LogP contribution in [-0.4, -0.2) is 47.4 Å². The third-order valence-electron chi connectivity index (χ3n) is 2.01. The Morgan fingerprint density at radius 1 is 1.40 bits per heavy atom. The molecule has 0 fully saturated rings. The summed E-state index contributed by atoms with van der Waals surface area (Å²) in [4.78, 5) is 12.6. The zero-order chi connectivity index (χ0) is 12.0. The zero-order valence-corrected chi connectivity index (χ0v) is 10.00. The SMILES string of the molecule is CN1C(=O)N(C)C(O)C(I)=C1C(F)(F)F. The summed E-state index contributed by atoms with van der Waals surface area (Å²) >= 11 is 1.38. The van der Waals surface area contributed by atoms with Crippen LogP contribution in [0.15, 0.2) is 9.28 Å². The van der Waals surface area contributed by atoms with Gasteiger partial charge < -0.3 is 5.11 Å². The number of urea groups is 1. The van der Waals surface area contributed by atoms with Gasteiger partial charge in [0.25, 0.3) is 0 Å². The van der Waals surface area contributed by atoms with Gasteiger partial charge in [-0.15, -0.1) is 0 Å². The molecule has 0 bridgehead atoms. The van der Waals surface area contributed by atoms with E-state index in [-0.39, 0.29) is 3.58 Å². The largest absolute Gasteiger partial charge is 0.432 e. The van der Waals surface area contributed by atoms with E-state index in [0.717, 1.165) is 11.9 Å². The minimum atomic E-state index is -4.65. The van der Waals surface area contributed by atoms with E-state index in [1.54, 1.807) is 0 Å². The molecule has 86 valence electrons. The van der Waals surface area contributed by atoms with E-state index < -0.39 is 24.1 Å². The van der Waals surface area contributed by atoms with E-state index >= 15 is 0 Å². The number of nitrogens with zero attached hydrogens (tertiary/aromatic N) is 2. The highest BCUT2D eigenvalue weighted by atomic mass is 127. The van der Waals surface area contributed by atoms with Crippen LogP contribution in [0.4, 0.5) is 18.0 Å². The van der Waals surface area contributed by atoms with Crippen molar-refractivity contribution in [3.8, 4) is 0 Å². The van der Waals surface area contributed by atoms with Gasteiger partial charge in [0.1, 0.15) is 5.70 Å². The normalized spacial score (nSPS) is 23.9. The predicted octanol–water partition coefficient (Wildman–Crippen LogP) is 1.51. The Hall–Kier alpha value is -0.510. The highest BCUT2D eigenvalue weighted by Crippen LogP contribution is 2.37. The summed E-state index contributed by atoms with van der Waals surface area (Å²) in [6.45, 7) is 0. The van der Waals surface area contributed by atoms with Crippen LogP contribution in [0.25, 0.3) is 0 Å². The molecule has 1 unspecified atom stereocenters. The highest BCUT2D eigenvalue weighted by Gasteiger charge is 2.46. The maximum Gasteiger partial charge on any atom is 0.432 e. The average molecular weight is 336 g/mol. The van der Waals surface area contributed by atoms with E-state index in [2.05, 4.69) is 0 Å². The minimum Gasteiger partial charge on any atom is -0.369 e. The molecule has 2 amide bonds. The lowest BCUT2D eigenvalue weighted by Gasteiger charge is -2.37. The van der Waals surface area contributed by atoms with E-state index in [1.807, 2.05) is 0 Å². The van der Waals surface area contributed by atoms with Gasteiger partial charge in [0.15, 0.2) is 6.23 Å². The Labute approximate surface area is 97.5 Å². The lowest BCUT2D eigenvalue weighted by Crippen LogP contribution is -2.51. The number of likely N-dealkylation sites (N-methyl/N-ethyl adjacent to an activating group) is 1. The highest BCUT2D eigenvalue weighted by molar-refractivity contribution is 14.1. The molecule has 0 aromatic carbocycles. The lowest BCUT2D eigenvalue weighted by atomic mass is 10.2. The number of hydrogen-bond donors (Lipinski definition) is 1. The Balaban J connectivity index is 3.28. The van der Waals surface area contributed by atoms with Gasteiger partial charge in [0.2, 0.25) is 0 Å². The fourth-order valence-electron chi connectivity index (χ4n) is 1.21. The third-order valence-corrected chi connectivity index (χ3v) is 3.08. The summed E-state index contributed by atoms with van der Waals surface area (Å²) in [6, 6.07) is -0.893. The molecule has 1 heterocycles. The standard InChI is InChI=1S/C7H8F3IN2O2/c1-12-4(7(8,9)10)3(11)5(14)13(2)6(12)15/h5,14H,1-2H3. The number of carbonyl (C=O) groups excluding carboxylic acids is 1. The van der Waals surface area contributed by atoms with Crippen molar-refractivity contribution in [2.24, 2.45) is 0 Å². The van der Waals surface area contributed by atoms with E-state index in [0.29, 0.717) is 4.90 Å². The summed E-state index contributed by atoms with van der Waals surface area (Å²) in [5, 5.41) is 9.38. The predicted molar refractivity (Wildman–Crippen MR) is 54.0 cm³/mol. The molecule has 0 saturated heterocycles. The van der Waals surface area contributed by atoms with Crippen LogP contribution < -0.4 is 0 Å². The molecule has 0 saturated carbocycles. The molecule has 0 aromatic rings. The average Bonchev–Trinajstić information content (AvgIpc) is 2.09. The molecule has 0 aliphatic carbocycles. The number of halogens is 4. The van der Waals surface area contributed by atoms with Crippen LogP contribution in [-0.2, 0) is 0 Å². The Morgan fingerprint density at radius 2 is 1.87 bits per heavy atom.